The molecule has 2 N–H and O–H groups in total. The van der Waals surface area contributed by atoms with E-state index in [1.54, 1.807) is 18.2 Å². The molecular formula is C13H13BrFNO. The number of hydrogen-bond donors (Lipinski definition) is 1. The van der Waals surface area contributed by atoms with Crippen molar-refractivity contribution in [3.05, 3.63) is 57.2 Å². The molecule has 17 heavy (non-hydrogen) atoms. The molecule has 2 aromatic rings. The maximum Gasteiger partial charge on any atom is 0.142 e. The van der Waals surface area contributed by atoms with Crippen LogP contribution in [0.25, 0.3) is 0 Å². The van der Waals surface area contributed by atoms with Crippen molar-refractivity contribution in [1.82, 2.24) is 0 Å². The Bertz CT molecular complexity index is 550. The average Bonchev–Trinajstić information content (AvgIpc) is 2.61. The van der Waals surface area contributed by atoms with Gasteiger partial charge < -0.3 is 10.2 Å². The van der Waals surface area contributed by atoms with E-state index < -0.39 is 6.04 Å². The van der Waals surface area contributed by atoms with Crippen LogP contribution < -0.4 is 5.73 Å². The molecule has 0 aliphatic carbocycles. The van der Waals surface area contributed by atoms with E-state index in [-0.39, 0.29) is 5.82 Å². The lowest BCUT2D eigenvalue weighted by molar-refractivity contribution is 0.498. The number of furan rings is 1. The predicted octanol–water partition coefficient (Wildman–Crippen LogP) is 3.85. The Morgan fingerprint density at radius 3 is 2.59 bits per heavy atom. The van der Waals surface area contributed by atoms with Crippen molar-refractivity contribution in [1.29, 1.82) is 0 Å². The first-order valence-corrected chi connectivity index (χ1v) is 6.06. The number of rotatable bonds is 2. The molecule has 0 amide bonds. The van der Waals surface area contributed by atoms with Crippen LogP contribution in [0.3, 0.4) is 0 Å². The Balaban J connectivity index is 2.47. The minimum atomic E-state index is -0.509. The van der Waals surface area contributed by atoms with Gasteiger partial charge in [0.1, 0.15) is 17.3 Å². The van der Waals surface area contributed by atoms with Gasteiger partial charge >= 0.3 is 0 Å². The molecule has 0 saturated heterocycles. The van der Waals surface area contributed by atoms with Gasteiger partial charge in [-0.1, -0.05) is 12.1 Å². The molecule has 1 aromatic carbocycles. The monoisotopic (exact) mass is 297 g/mol. The summed E-state index contributed by atoms with van der Waals surface area (Å²) in [6.07, 6.45) is 0. The maximum atomic E-state index is 13.9. The van der Waals surface area contributed by atoms with Gasteiger partial charge in [0, 0.05) is 11.1 Å². The van der Waals surface area contributed by atoms with E-state index in [2.05, 4.69) is 15.9 Å². The summed E-state index contributed by atoms with van der Waals surface area (Å²) >= 11 is 3.16. The second-order valence-electron chi connectivity index (χ2n) is 3.99. The average molecular weight is 298 g/mol. The van der Waals surface area contributed by atoms with Gasteiger partial charge in [-0.2, -0.15) is 0 Å². The van der Waals surface area contributed by atoms with Gasteiger partial charge in [0.25, 0.3) is 0 Å². The molecule has 1 atom stereocenters. The highest BCUT2D eigenvalue weighted by molar-refractivity contribution is 9.10. The molecule has 0 spiro atoms. The zero-order chi connectivity index (χ0) is 12.6. The van der Waals surface area contributed by atoms with Gasteiger partial charge in [-0.15, -0.1) is 0 Å². The second-order valence-corrected chi connectivity index (χ2v) is 4.84. The predicted molar refractivity (Wildman–Crippen MR) is 68.3 cm³/mol. The van der Waals surface area contributed by atoms with Crippen LogP contribution in [0.2, 0.25) is 0 Å². The quantitative estimate of drug-likeness (QED) is 0.914. The number of halogens is 2. The Hall–Kier alpha value is -1.13. The van der Waals surface area contributed by atoms with Crippen molar-refractivity contribution in [2.75, 3.05) is 0 Å². The standard InChI is InChI=1S/C13H13BrFNO/c1-7-6-10(8(2)17-7)13(16)9-4-3-5-11(14)12(9)15/h3-6,13H,16H2,1-2H3. The summed E-state index contributed by atoms with van der Waals surface area (Å²) in [5.74, 6) is 1.19. The molecule has 0 fully saturated rings. The highest BCUT2D eigenvalue weighted by Crippen LogP contribution is 2.29. The smallest absolute Gasteiger partial charge is 0.142 e. The van der Waals surface area contributed by atoms with Crippen molar-refractivity contribution < 1.29 is 8.81 Å². The summed E-state index contributed by atoms with van der Waals surface area (Å²) in [5, 5.41) is 0. The van der Waals surface area contributed by atoms with Crippen LogP contribution in [0.1, 0.15) is 28.7 Å². The first-order valence-electron chi connectivity index (χ1n) is 5.27. The molecule has 90 valence electrons. The van der Waals surface area contributed by atoms with Crippen LogP contribution in [0.15, 0.2) is 33.2 Å². The minimum absolute atomic E-state index is 0.321. The molecule has 4 heteroatoms. The zero-order valence-corrected chi connectivity index (χ0v) is 11.2. The first kappa shape index (κ1) is 12.3. The van der Waals surface area contributed by atoms with Crippen LogP contribution in [0.5, 0.6) is 0 Å². The Kier molecular flexibility index (Phi) is 3.35. The van der Waals surface area contributed by atoms with Crippen LogP contribution in [0.4, 0.5) is 4.39 Å². The fraction of sp³-hybridized carbons (Fsp3) is 0.231. The summed E-state index contributed by atoms with van der Waals surface area (Å²) in [6.45, 7) is 3.68. The molecule has 1 heterocycles. The van der Waals surface area contributed by atoms with Crippen molar-refractivity contribution >= 4 is 15.9 Å². The minimum Gasteiger partial charge on any atom is -0.466 e. The molecule has 0 aliphatic heterocycles. The lowest BCUT2D eigenvalue weighted by atomic mass is 9.99. The lowest BCUT2D eigenvalue weighted by Gasteiger charge is -2.12. The fourth-order valence-corrected chi connectivity index (χ4v) is 2.27. The molecule has 2 rings (SSSR count). The molecule has 0 bridgehead atoms. The molecule has 0 radical (unpaired) electrons. The summed E-state index contributed by atoms with van der Waals surface area (Å²) in [4.78, 5) is 0. The summed E-state index contributed by atoms with van der Waals surface area (Å²) in [7, 11) is 0. The van der Waals surface area contributed by atoms with Gasteiger partial charge in [0.15, 0.2) is 0 Å². The molecule has 1 unspecified atom stereocenters. The van der Waals surface area contributed by atoms with Crippen molar-refractivity contribution in [2.24, 2.45) is 5.73 Å². The third kappa shape index (κ3) is 2.28. The number of nitrogens with two attached hydrogens (primary N) is 1. The number of benzene rings is 1. The van der Waals surface area contributed by atoms with Crippen molar-refractivity contribution in [3.8, 4) is 0 Å². The molecule has 2 nitrogen and oxygen atoms in total. The Morgan fingerprint density at radius 2 is 2.00 bits per heavy atom. The third-order valence-electron chi connectivity index (χ3n) is 2.73. The number of aryl methyl sites for hydroxylation is 2. The zero-order valence-electron chi connectivity index (χ0n) is 9.63. The first-order chi connectivity index (χ1) is 8.00. The van der Waals surface area contributed by atoms with Crippen LogP contribution in [-0.2, 0) is 0 Å². The third-order valence-corrected chi connectivity index (χ3v) is 3.34. The van der Waals surface area contributed by atoms with Crippen molar-refractivity contribution in [3.63, 3.8) is 0 Å². The van der Waals surface area contributed by atoms with Gasteiger partial charge in [-0.05, 0) is 41.9 Å². The molecule has 0 saturated carbocycles. The molecule has 0 aliphatic rings. The largest absolute Gasteiger partial charge is 0.466 e. The van der Waals surface area contributed by atoms with Gasteiger partial charge in [-0.3, -0.25) is 0 Å². The topological polar surface area (TPSA) is 39.2 Å². The highest BCUT2D eigenvalue weighted by atomic mass is 79.9. The van der Waals surface area contributed by atoms with E-state index in [1.807, 2.05) is 19.9 Å². The number of hydrogen-bond acceptors (Lipinski definition) is 2. The summed E-state index contributed by atoms with van der Waals surface area (Å²) in [6, 6.07) is 6.45. The molecule has 1 aromatic heterocycles. The van der Waals surface area contributed by atoms with E-state index in [0.29, 0.717) is 10.0 Å². The van der Waals surface area contributed by atoms with E-state index in [4.69, 9.17) is 10.2 Å². The maximum absolute atomic E-state index is 13.9. The SMILES string of the molecule is Cc1cc(C(N)c2cccc(Br)c2F)c(C)o1. The van der Waals surface area contributed by atoms with Crippen molar-refractivity contribution in [2.45, 2.75) is 19.9 Å². The van der Waals surface area contributed by atoms with Crippen LogP contribution >= 0.6 is 15.9 Å². The highest BCUT2D eigenvalue weighted by Gasteiger charge is 2.19. The normalized spacial score (nSPS) is 12.8. The fourth-order valence-electron chi connectivity index (χ4n) is 1.89. The summed E-state index contributed by atoms with van der Waals surface area (Å²) in [5.41, 5.74) is 7.36. The van der Waals surface area contributed by atoms with E-state index in [9.17, 15) is 4.39 Å². The second kappa shape index (κ2) is 4.63. The van der Waals surface area contributed by atoms with E-state index in [0.717, 1.165) is 17.1 Å². The van der Waals surface area contributed by atoms with Gasteiger partial charge in [0.05, 0.1) is 10.5 Å². The lowest BCUT2D eigenvalue weighted by Crippen LogP contribution is -2.14. The van der Waals surface area contributed by atoms with Crippen LogP contribution in [-0.4, -0.2) is 0 Å². The van der Waals surface area contributed by atoms with Gasteiger partial charge in [0.2, 0.25) is 0 Å². The van der Waals surface area contributed by atoms with Gasteiger partial charge in [-0.25, -0.2) is 4.39 Å². The summed E-state index contributed by atoms with van der Waals surface area (Å²) < 4.78 is 19.8. The Morgan fingerprint density at radius 1 is 1.29 bits per heavy atom. The van der Waals surface area contributed by atoms with Crippen LogP contribution in [0, 0.1) is 19.7 Å². The van der Waals surface area contributed by atoms with E-state index >= 15 is 0 Å². The Labute approximate surface area is 108 Å². The van der Waals surface area contributed by atoms with E-state index in [1.165, 1.54) is 0 Å². The molecular weight excluding hydrogens is 285 g/mol.